The highest BCUT2D eigenvalue weighted by Gasteiger charge is 2.34. The molecule has 2 aliphatic rings. The number of piperazine rings is 2. The summed E-state index contributed by atoms with van der Waals surface area (Å²) < 4.78 is 35.7. The van der Waals surface area contributed by atoms with Crippen molar-refractivity contribution in [2.75, 3.05) is 46.3 Å². The summed E-state index contributed by atoms with van der Waals surface area (Å²) >= 11 is 15.5. The van der Waals surface area contributed by atoms with Crippen LogP contribution >= 0.6 is 39.1 Å². The summed E-state index contributed by atoms with van der Waals surface area (Å²) in [6.45, 7) is 12.5. The summed E-state index contributed by atoms with van der Waals surface area (Å²) in [4.78, 5) is 57.1. The fraction of sp³-hybridized carbons (Fsp3) is 0.378. The molecule has 16 heteroatoms. The first-order valence-electron chi connectivity index (χ1n) is 16.7. The molecule has 0 bridgehead atoms. The Bertz CT molecular complexity index is 1890. The van der Waals surface area contributed by atoms with E-state index in [1.54, 1.807) is 17.0 Å². The molecule has 0 radical (unpaired) electrons. The van der Waals surface area contributed by atoms with E-state index in [0.29, 0.717) is 46.8 Å². The molecule has 53 heavy (non-hydrogen) atoms. The number of ether oxygens (including phenoxy) is 1. The number of pyridine rings is 1. The van der Waals surface area contributed by atoms with Crippen molar-refractivity contribution in [1.82, 2.24) is 30.3 Å². The number of hydrogen-bond donors (Lipinski definition) is 2. The van der Waals surface area contributed by atoms with E-state index in [-0.39, 0.29) is 64.7 Å². The highest BCUT2D eigenvalue weighted by Crippen LogP contribution is 2.36. The largest absolute Gasteiger partial charge is 0.444 e. The lowest BCUT2D eigenvalue weighted by Gasteiger charge is -2.41. The third-order valence-corrected chi connectivity index (χ3v) is 9.46. The minimum Gasteiger partial charge on any atom is -0.444 e. The number of halogens is 5. The van der Waals surface area contributed by atoms with Crippen LogP contribution < -0.4 is 10.6 Å². The van der Waals surface area contributed by atoms with Crippen LogP contribution in [0.2, 0.25) is 10.0 Å². The monoisotopic (exact) mass is 836 g/mol. The molecule has 2 aliphatic heterocycles. The number of nitrogens with zero attached hydrogens (tertiary/aromatic N) is 4. The van der Waals surface area contributed by atoms with E-state index in [2.05, 4.69) is 38.1 Å². The Kier molecular flexibility index (Phi) is 14.0. The number of carbonyl (C=O) groups is 4. The van der Waals surface area contributed by atoms with Crippen molar-refractivity contribution in [2.24, 2.45) is 0 Å². The molecule has 2 saturated heterocycles. The molecule has 0 aliphatic carbocycles. The molecule has 4 amide bonds. The number of rotatable bonds is 5. The lowest BCUT2D eigenvalue weighted by molar-refractivity contribution is -0.139. The second-order valence-corrected chi connectivity index (χ2v) is 15.0. The smallest absolute Gasteiger partial charge is 0.410 e. The third-order valence-electron chi connectivity index (χ3n) is 8.45. The number of carbonyl (C=O) groups excluding carboxylic acids is 4. The normalized spacial score (nSPS) is 17.4. The Labute approximate surface area is 325 Å². The molecule has 3 heterocycles. The topological polar surface area (TPSA) is 124 Å². The Morgan fingerprint density at radius 2 is 1.68 bits per heavy atom. The van der Waals surface area contributed by atoms with E-state index < -0.39 is 23.4 Å². The fourth-order valence-electron chi connectivity index (χ4n) is 5.95. The highest BCUT2D eigenvalue weighted by atomic mass is 79.9. The van der Waals surface area contributed by atoms with Gasteiger partial charge in [-0.15, -0.1) is 0 Å². The molecule has 284 valence electrons. The van der Waals surface area contributed by atoms with Crippen LogP contribution in [0.1, 0.15) is 61.4 Å². The van der Waals surface area contributed by atoms with Gasteiger partial charge >= 0.3 is 6.09 Å². The number of amides is 4. The molecule has 1 aromatic heterocycles. The Hall–Kier alpha value is -4.11. The van der Waals surface area contributed by atoms with Crippen molar-refractivity contribution < 1.29 is 32.7 Å². The Morgan fingerprint density at radius 3 is 2.32 bits per heavy atom. The number of nitrogens with one attached hydrogen (secondary N) is 2. The van der Waals surface area contributed by atoms with E-state index in [4.69, 9.17) is 27.9 Å². The molecule has 0 spiro atoms. The first-order valence-corrected chi connectivity index (χ1v) is 18.2. The van der Waals surface area contributed by atoms with Crippen LogP contribution in [0.3, 0.4) is 0 Å². The average Bonchev–Trinajstić information content (AvgIpc) is 3.12. The van der Waals surface area contributed by atoms with Crippen LogP contribution in [0.5, 0.6) is 0 Å². The van der Waals surface area contributed by atoms with Gasteiger partial charge in [-0.2, -0.15) is 0 Å². The van der Waals surface area contributed by atoms with Crippen LogP contribution in [-0.2, 0) is 14.3 Å². The summed E-state index contributed by atoms with van der Waals surface area (Å²) in [7, 11) is 1.48. The van der Waals surface area contributed by atoms with Gasteiger partial charge < -0.3 is 30.1 Å². The molecule has 2 aromatic carbocycles. The zero-order valence-electron chi connectivity index (χ0n) is 29.9. The lowest BCUT2D eigenvalue weighted by atomic mass is 9.95. The maximum Gasteiger partial charge on any atom is 0.410 e. The van der Waals surface area contributed by atoms with Gasteiger partial charge in [-0.25, -0.2) is 13.6 Å². The maximum atomic E-state index is 15.7. The molecule has 2 N–H and O–H groups in total. The van der Waals surface area contributed by atoms with Gasteiger partial charge in [0.15, 0.2) is 0 Å². The van der Waals surface area contributed by atoms with Crippen molar-refractivity contribution in [3.8, 4) is 11.1 Å². The Morgan fingerprint density at radius 1 is 1.00 bits per heavy atom. The van der Waals surface area contributed by atoms with Crippen LogP contribution in [0.15, 0.2) is 59.7 Å². The minimum absolute atomic E-state index is 0.112. The molecular formula is C37H41BrCl2F2N6O5. The van der Waals surface area contributed by atoms with E-state index >= 15 is 4.39 Å². The van der Waals surface area contributed by atoms with Gasteiger partial charge in [-0.3, -0.25) is 19.4 Å². The number of benzene rings is 2. The van der Waals surface area contributed by atoms with Crippen molar-refractivity contribution in [2.45, 2.75) is 45.4 Å². The van der Waals surface area contributed by atoms with E-state index in [1.165, 1.54) is 60.3 Å². The van der Waals surface area contributed by atoms with Gasteiger partial charge in [0.1, 0.15) is 22.9 Å². The molecule has 0 saturated carbocycles. The van der Waals surface area contributed by atoms with E-state index in [1.807, 2.05) is 20.8 Å². The van der Waals surface area contributed by atoms with Crippen molar-refractivity contribution >= 4 is 62.9 Å². The molecule has 11 nitrogen and oxygen atoms in total. The Balaban J connectivity index is 0.000000251. The van der Waals surface area contributed by atoms with E-state index in [0.717, 1.165) is 0 Å². The first-order chi connectivity index (χ1) is 24.9. The van der Waals surface area contributed by atoms with Crippen molar-refractivity contribution in [3.05, 3.63) is 98.2 Å². The molecule has 2 fully saturated rings. The number of aromatic nitrogens is 1. The number of hydrogen-bond acceptors (Lipinski definition) is 7. The van der Waals surface area contributed by atoms with Crippen molar-refractivity contribution in [3.63, 3.8) is 0 Å². The zero-order chi connectivity index (χ0) is 39.2. The van der Waals surface area contributed by atoms with Crippen LogP contribution in [0.25, 0.3) is 11.1 Å². The predicted molar refractivity (Wildman–Crippen MR) is 203 cm³/mol. The zero-order valence-corrected chi connectivity index (χ0v) is 33.0. The average molecular weight is 839 g/mol. The minimum atomic E-state index is -0.715. The SMILES string of the molecule is C=CC(=O)N1CCN(C(C)=O)[C@@H](c2cc(Cl)cc(-c3ccnc(C(=O)NC)c3)c2F)C1.CC(C)(C)OC(=O)N1CCNC(c2cc(Cl)cc(Br)c2F)C1. The molecule has 5 rings (SSSR count). The standard InChI is InChI=1S/C22H22ClFN4O3.C15H19BrClFN2O2/c1-4-20(30)27-7-8-28(13(2)29)19(12-27)17-11-15(23)10-16(21(17)24)14-5-6-26-18(9-14)22(31)25-3;1-15(2,3)22-14(21)20-5-4-19-12(8-20)10-6-9(17)7-11(16)13(10)18/h4-6,9-11,19H,1,7-8,12H2,2-3H3,(H,25,31);6-7,12,19H,4-5,8H2,1-3H3/t19-;/m1./s1. The molecule has 2 atom stereocenters. The highest BCUT2D eigenvalue weighted by molar-refractivity contribution is 9.10. The lowest BCUT2D eigenvalue weighted by Crippen LogP contribution is -2.51. The molecule has 1 unspecified atom stereocenters. The second-order valence-electron chi connectivity index (χ2n) is 13.3. The summed E-state index contributed by atoms with van der Waals surface area (Å²) in [6.07, 6.45) is 2.21. The third kappa shape index (κ3) is 10.5. The van der Waals surface area contributed by atoms with Gasteiger partial charge in [-0.1, -0.05) is 29.8 Å². The first kappa shape index (κ1) is 41.6. The van der Waals surface area contributed by atoms with Gasteiger partial charge in [0, 0.05) is 86.2 Å². The second kappa shape index (κ2) is 17.8. The van der Waals surface area contributed by atoms with Gasteiger partial charge in [-0.05, 0) is 84.7 Å². The van der Waals surface area contributed by atoms with Gasteiger partial charge in [0.05, 0.1) is 16.6 Å². The van der Waals surface area contributed by atoms with E-state index in [9.17, 15) is 23.6 Å². The van der Waals surface area contributed by atoms with Crippen LogP contribution in [0, 0.1) is 11.6 Å². The summed E-state index contributed by atoms with van der Waals surface area (Å²) in [5.74, 6) is -1.88. The van der Waals surface area contributed by atoms with Crippen LogP contribution in [0.4, 0.5) is 13.6 Å². The van der Waals surface area contributed by atoms with Gasteiger partial charge in [0.2, 0.25) is 11.8 Å². The van der Waals surface area contributed by atoms with Crippen molar-refractivity contribution in [1.29, 1.82) is 0 Å². The predicted octanol–water partition coefficient (Wildman–Crippen LogP) is 6.94. The molecular weight excluding hydrogens is 797 g/mol. The summed E-state index contributed by atoms with van der Waals surface area (Å²) in [5, 5.41) is 6.39. The quantitative estimate of drug-likeness (QED) is 0.211. The maximum absolute atomic E-state index is 15.7. The fourth-order valence-corrected chi connectivity index (χ4v) is 7.01. The summed E-state index contributed by atoms with van der Waals surface area (Å²) in [6, 6.07) is 8.01. The summed E-state index contributed by atoms with van der Waals surface area (Å²) in [5.41, 5.74) is 0.795. The van der Waals surface area contributed by atoms with Gasteiger partial charge in [0.25, 0.3) is 5.91 Å². The molecule has 3 aromatic rings. The van der Waals surface area contributed by atoms with Crippen LogP contribution in [-0.4, -0.2) is 95.4 Å².